The van der Waals surface area contributed by atoms with Gasteiger partial charge in [0.05, 0.1) is 20.3 Å². The molecule has 3 saturated heterocycles. The summed E-state index contributed by atoms with van der Waals surface area (Å²) >= 11 is 0. The Balaban J connectivity index is 0. The van der Waals surface area contributed by atoms with Crippen molar-refractivity contribution < 1.29 is 9.57 Å². The van der Waals surface area contributed by atoms with Gasteiger partial charge in [0, 0.05) is 65.4 Å². The molecule has 3 fully saturated rings. The van der Waals surface area contributed by atoms with Gasteiger partial charge in [-0.25, -0.2) is 0 Å². The second-order valence-corrected chi connectivity index (χ2v) is 15.6. The van der Waals surface area contributed by atoms with Crippen LogP contribution < -0.4 is 9.80 Å². The monoisotopic (exact) mass is 811 g/mol. The number of rotatable bonds is 6. The minimum absolute atomic E-state index is 0.913. The molecule has 0 aliphatic carbocycles. The molecule has 0 amide bonds. The van der Waals surface area contributed by atoms with Gasteiger partial charge in [0.1, 0.15) is 0 Å². The summed E-state index contributed by atoms with van der Waals surface area (Å²) in [4.78, 5) is 20.1. The van der Waals surface area contributed by atoms with E-state index < -0.39 is 0 Å². The molecule has 10 nitrogen and oxygen atoms in total. The number of para-hydroxylation sites is 3. The first kappa shape index (κ1) is 57.0. The third kappa shape index (κ3) is 37.2. The first-order valence-corrected chi connectivity index (χ1v) is 21.4. The number of anilines is 3. The highest BCUT2D eigenvalue weighted by Crippen LogP contribution is 2.22. The van der Waals surface area contributed by atoms with Crippen LogP contribution >= 0.6 is 0 Å². The molecule has 6 rings (SSSR count). The zero-order chi connectivity index (χ0) is 44.0. The number of ether oxygens (including phenoxy) is 1. The smallest absolute Gasteiger partial charge is 0.0594 e. The zero-order valence-corrected chi connectivity index (χ0v) is 40.2. The fraction of sp³-hybridized carbons (Fsp3) is 0.625. The largest absolute Gasteiger partial charge is 0.379 e. The number of likely N-dealkylation sites (tertiary alicyclic amines) is 2. The van der Waals surface area contributed by atoms with Gasteiger partial charge < -0.3 is 43.9 Å². The highest BCUT2D eigenvalue weighted by molar-refractivity contribution is 5.61. The third-order valence-corrected chi connectivity index (χ3v) is 9.15. The molecular formula is C48H90N8O2. The third-order valence-electron chi connectivity index (χ3n) is 9.15. The average Bonchev–Trinajstić information content (AvgIpc) is 3.73. The van der Waals surface area contributed by atoms with Crippen molar-refractivity contribution in [2.24, 2.45) is 0 Å². The molecular weight excluding hydrogens is 721 g/mol. The van der Waals surface area contributed by atoms with E-state index in [2.05, 4.69) is 144 Å². The Hall–Kier alpha value is -3.06. The number of likely N-dealkylation sites (N-methyl/N-ethyl adjacent to an activating group) is 1. The highest BCUT2D eigenvalue weighted by Gasteiger charge is 2.04. The van der Waals surface area contributed by atoms with E-state index >= 15 is 0 Å². The maximum absolute atomic E-state index is 5.10. The molecule has 3 aliphatic heterocycles. The van der Waals surface area contributed by atoms with Crippen LogP contribution in [0.4, 0.5) is 17.1 Å². The molecule has 3 heterocycles. The van der Waals surface area contributed by atoms with Gasteiger partial charge in [-0.05, 0) is 151 Å². The van der Waals surface area contributed by atoms with Gasteiger partial charge in [-0.2, -0.15) is 5.06 Å². The number of morpholine rings is 1. The lowest BCUT2D eigenvalue weighted by Crippen LogP contribution is -2.32. The number of benzene rings is 3. The minimum atomic E-state index is 0.913. The standard InChI is InChI=1S/C13H13N.C8H11N.C6H13N.C5H11NO.C5H11N.C5H13N.C3H9NO.C3H9N/c1-14(12-8-4-2-5-9-12)13-10-6-3-7-11-13;1-9(2)8-6-4-3-5-7-8;1-7-5-3-2-4-6-7;1-6-2-4-7-5-3-6;1-6-4-2-3-5-6;1-4-6(3)5-2;1-4(2)5-3;1-4(2)3/h2-11H,1H3;3-7H,1-2H3;2-6H2,1H3;2-5H2,1H3;2-5H2,1H3;4-5H2,1-3H3;1-3H3;1-3H3. The molecule has 0 unspecified atom stereocenters. The Morgan fingerprint density at radius 2 is 0.776 bits per heavy atom. The van der Waals surface area contributed by atoms with Gasteiger partial charge in [-0.3, -0.25) is 0 Å². The lowest BCUT2D eigenvalue weighted by molar-refractivity contribution is -0.0855. The van der Waals surface area contributed by atoms with Gasteiger partial charge in [-0.15, -0.1) is 0 Å². The fourth-order valence-corrected chi connectivity index (χ4v) is 4.98. The Kier molecular flexibility index (Phi) is 38.7. The number of nitrogens with zero attached hydrogens (tertiary/aromatic N) is 8. The summed E-state index contributed by atoms with van der Waals surface area (Å²) in [6.07, 6.45) is 7.10. The highest BCUT2D eigenvalue weighted by atomic mass is 16.7. The van der Waals surface area contributed by atoms with Crippen LogP contribution in [-0.4, -0.2) is 187 Å². The van der Waals surface area contributed by atoms with Crippen molar-refractivity contribution in [1.29, 1.82) is 0 Å². The van der Waals surface area contributed by atoms with Crippen molar-refractivity contribution in [3.05, 3.63) is 91.0 Å². The number of hydrogen-bond acceptors (Lipinski definition) is 10. The van der Waals surface area contributed by atoms with Crippen LogP contribution in [0, 0.1) is 0 Å². The molecule has 58 heavy (non-hydrogen) atoms. The predicted octanol–water partition coefficient (Wildman–Crippen LogP) is 8.21. The molecule has 3 aromatic rings. The van der Waals surface area contributed by atoms with Crippen molar-refractivity contribution in [2.75, 3.05) is 167 Å². The molecule has 10 heteroatoms. The van der Waals surface area contributed by atoms with Crippen molar-refractivity contribution in [3.63, 3.8) is 0 Å². The van der Waals surface area contributed by atoms with E-state index in [1.54, 1.807) is 12.2 Å². The van der Waals surface area contributed by atoms with Gasteiger partial charge in [0.2, 0.25) is 0 Å². The van der Waals surface area contributed by atoms with Crippen LogP contribution in [-0.2, 0) is 9.57 Å². The minimum Gasteiger partial charge on any atom is -0.379 e. The first-order valence-electron chi connectivity index (χ1n) is 21.4. The second kappa shape index (κ2) is 39.4. The predicted molar refractivity (Wildman–Crippen MR) is 257 cm³/mol. The Morgan fingerprint density at radius 3 is 0.948 bits per heavy atom. The van der Waals surface area contributed by atoms with Crippen molar-refractivity contribution >= 4 is 17.1 Å². The summed E-state index contributed by atoms with van der Waals surface area (Å²) in [6.45, 7) is 15.9. The van der Waals surface area contributed by atoms with Crippen LogP contribution in [0.25, 0.3) is 0 Å². The van der Waals surface area contributed by atoms with Crippen molar-refractivity contribution in [1.82, 2.24) is 29.6 Å². The van der Waals surface area contributed by atoms with E-state index in [9.17, 15) is 0 Å². The average molecular weight is 811 g/mol. The molecule has 0 bridgehead atoms. The van der Waals surface area contributed by atoms with Gasteiger partial charge in [0.15, 0.2) is 0 Å². The van der Waals surface area contributed by atoms with E-state index in [1.807, 2.05) is 84.6 Å². The molecule has 3 aliphatic rings. The normalized spacial score (nSPS) is 15.0. The Bertz CT molecular complexity index is 1160. The number of piperidine rings is 1. The van der Waals surface area contributed by atoms with E-state index in [1.165, 1.54) is 75.3 Å². The maximum Gasteiger partial charge on any atom is 0.0594 e. The first-order chi connectivity index (χ1) is 27.7. The maximum atomic E-state index is 5.10. The topological polar surface area (TPSA) is 44.4 Å². The van der Waals surface area contributed by atoms with Gasteiger partial charge >= 0.3 is 0 Å². The molecule has 0 spiro atoms. The summed E-state index contributed by atoms with van der Waals surface area (Å²) in [5.41, 5.74) is 3.66. The molecule has 334 valence electrons. The molecule has 0 radical (unpaired) electrons. The summed E-state index contributed by atoms with van der Waals surface area (Å²) in [5.74, 6) is 0. The van der Waals surface area contributed by atoms with Crippen LogP contribution in [0.15, 0.2) is 91.0 Å². The molecule has 0 atom stereocenters. The van der Waals surface area contributed by atoms with Crippen LogP contribution in [0.2, 0.25) is 0 Å². The van der Waals surface area contributed by atoms with Crippen LogP contribution in [0.1, 0.15) is 46.0 Å². The zero-order valence-electron chi connectivity index (χ0n) is 40.2. The fourth-order valence-electron chi connectivity index (χ4n) is 4.98. The van der Waals surface area contributed by atoms with Crippen LogP contribution in [0.5, 0.6) is 0 Å². The lowest BCUT2D eigenvalue weighted by Gasteiger charge is -2.21. The Morgan fingerprint density at radius 1 is 0.483 bits per heavy atom. The SMILES string of the molecule is CCN(C)CC.CN(C)C.CN(C)c1ccccc1.CN(c1ccccc1)c1ccccc1.CN1CCCC1.CN1CCCCC1.CN1CCOCC1.CON(C)C. The Labute approximate surface area is 359 Å². The quantitative estimate of drug-likeness (QED) is 0.228. The molecule has 0 saturated carbocycles. The van der Waals surface area contributed by atoms with E-state index in [0.29, 0.717) is 0 Å². The number of hydrogen-bond donors (Lipinski definition) is 0. The summed E-state index contributed by atoms with van der Waals surface area (Å²) in [7, 11) is 26.0. The van der Waals surface area contributed by atoms with E-state index in [4.69, 9.17) is 4.74 Å². The summed E-state index contributed by atoms with van der Waals surface area (Å²) < 4.78 is 5.10. The molecule has 0 N–H and O–H groups in total. The number of hydroxylamine groups is 2. The van der Waals surface area contributed by atoms with E-state index in [0.717, 1.165) is 39.4 Å². The lowest BCUT2D eigenvalue weighted by atomic mass is 10.1. The molecule has 0 aromatic heterocycles. The van der Waals surface area contributed by atoms with E-state index in [-0.39, 0.29) is 0 Å². The summed E-state index contributed by atoms with van der Waals surface area (Å²) in [5, 5.41) is 1.62. The van der Waals surface area contributed by atoms with Gasteiger partial charge in [-0.1, -0.05) is 74.9 Å². The summed E-state index contributed by atoms with van der Waals surface area (Å²) in [6, 6.07) is 30.9. The second-order valence-electron chi connectivity index (χ2n) is 15.6. The van der Waals surface area contributed by atoms with Crippen molar-refractivity contribution in [3.8, 4) is 0 Å². The van der Waals surface area contributed by atoms with Gasteiger partial charge in [0.25, 0.3) is 0 Å². The molecule has 3 aromatic carbocycles. The van der Waals surface area contributed by atoms with Crippen LogP contribution in [0.3, 0.4) is 0 Å². The van der Waals surface area contributed by atoms with Crippen molar-refractivity contribution in [2.45, 2.75) is 46.0 Å².